The van der Waals surface area contributed by atoms with Crippen LogP contribution in [0.15, 0.2) is 48.8 Å². The average Bonchev–Trinajstić information content (AvgIpc) is 3.58. The predicted molar refractivity (Wildman–Crippen MR) is 132 cm³/mol. The first-order chi connectivity index (χ1) is 17.0. The van der Waals surface area contributed by atoms with Crippen LogP contribution in [0.1, 0.15) is 28.8 Å². The van der Waals surface area contributed by atoms with Gasteiger partial charge in [-0.3, -0.25) is 9.30 Å². The third-order valence-electron chi connectivity index (χ3n) is 6.89. The van der Waals surface area contributed by atoms with Gasteiger partial charge in [0, 0.05) is 61.7 Å². The standard InChI is InChI=1S/C27H28FN5O2/c1-17-14-33-26(31-17)22(19-4-2-18(3-5-19)15-32-10-8-20(34)16-32)12-29-27(33)30-13-23-21-9-11-35-25(21)7-6-24(23)28/h2-7,12,14,20,34H,8-11,13,15-16H2,1H3,(H,29,30). The van der Waals surface area contributed by atoms with E-state index in [-0.39, 0.29) is 11.9 Å². The second kappa shape index (κ2) is 8.94. The number of nitrogens with zero attached hydrogens (tertiary/aromatic N) is 4. The molecule has 2 aromatic heterocycles. The summed E-state index contributed by atoms with van der Waals surface area (Å²) in [5, 5.41) is 13.1. The number of β-amino-alcohol motifs (C(OH)–C–C–N with tert-alkyl or cyclic N) is 1. The van der Waals surface area contributed by atoms with Gasteiger partial charge in [0.25, 0.3) is 0 Å². The molecule has 1 atom stereocenters. The van der Waals surface area contributed by atoms with Gasteiger partial charge < -0.3 is 15.2 Å². The molecule has 2 aliphatic rings. The molecule has 1 unspecified atom stereocenters. The number of likely N-dealkylation sites (tertiary alicyclic amines) is 1. The van der Waals surface area contributed by atoms with Gasteiger partial charge in [-0.1, -0.05) is 24.3 Å². The molecule has 0 spiro atoms. The van der Waals surface area contributed by atoms with Crippen LogP contribution in [-0.2, 0) is 19.5 Å². The first kappa shape index (κ1) is 22.0. The Morgan fingerprint density at radius 2 is 2.06 bits per heavy atom. The highest BCUT2D eigenvalue weighted by Gasteiger charge is 2.21. The lowest BCUT2D eigenvalue weighted by Crippen LogP contribution is -2.21. The zero-order valence-corrected chi connectivity index (χ0v) is 19.7. The normalized spacial score (nSPS) is 17.6. The number of aryl methyl sites for hydroxylation is 1. The molecule has 4 heterocycles. The average molecular weight is 474 g/mol. The van der Waals surface area contributed by atoms with Crippen molar-refractivity contribution in [3.05, 3.63) is 77.0 Å². The zero-order chi connectivity index (χ0) is 23.9. The fraction of sp³-hybridized carbons (Fsp3) is 0.333. The Hall–Kier alpha value is -3.49. The molecular formula is C27H28FN5O2. The highest BCUT2D eigenvalue weighted by atomic mass is 19.1. The largest absolute Gasteiger partial charge is 0.493 e. The van der Waals surface area contributed by atoms with E-state index >= 15 is 0 Å². The molecule has 4 aromatic rings. The summed E-state index contributed by atoms with van der Waals surface area (Å²) in [7, 11) is 0. The number of aliphatic hydroxyl groups excluding tert-OH is 1. The van der Waals surface area contributed by atoms with Crippen molar-refractivity contribution in [3.63, 3.8) is 0 Å². The fourth-order valence-corrected chi connectivity index (χ4v) is 5.11. The maximum absolute atomic E-state index is 14.6. The van der Waals surface area contributed by atoms with Crippen LogP contribution >= 0.6 is 0 Å². The highest BCUT2D eigenvalue weighted by Crippen LogP contribution is 2.31. The van der Waals surface area contributed by atoms with Crippen molar-refractivity contribution in [2.45, 2.75) is 39.0 Å². The van der Waals surface area contributed by atoms with Crippen LogP contribution in [0.3, 0.4) is 0 Å². The van der Waals surface area contributed by atoms with Crippen molar-refractivity contribution >= 4 is 11.6 Å². The Morgan fingerprint density at radius 1 is 1.20 bits per heavy atom. The SMILES string of the molecule is Cc1cn2c(NCc3c(F)ccc4c3CCO4)ncc(-c3ccc(CN4CCC(O)C4)cc3)c2n1. The van der Waals surface area contributed by atoms with E-state index in [4.69, 9.17) is 9.72 Å². The van der Waals surface area contributed by atoms with Gasteiger partial charge in [0.15, 0.2) is 0 Å². The molecule has 0 amide bonds. The van der Waals surface area contributed by atoms with E-state index in [0.717, 1.165) is 59.8 Å². The molecule has 7 nitrogen and oxygen atoms in total. The first-order valence-corrected chi connectivity index (χ1v) is 12.1. The highest BCUT2D eigenvalue weighted by molar-refractivity contribution is 5.78. The monoisotopic (exact) mass is 473 g/mol. The number of imidazole rings is 1. The first-order valence-electron chi connectivity index (χ1n) is 12.1. The molecule has 2 aromatic carbocycles. The molecule has 1 saturated heterocycles. The number of halogens is 1. The van der Waals surface area contributed by atoms with Crippen LogP contribution in [0.25, 0.3) is 16.8 Å². The van der Waals surface area contributed by atoms with Gasteiger partial charge in [-0.05, 0) is 36.6 Å². The smallest absolute Gasteiger partial charge is 0.208 e. The molecule has 6 rings (SSSR count). The number of ether oxygens (including phenoxy) is 1. The number of anilines is 1. The number of aliphatic hydroxyl groups is 1. The van der Waals surface area contributed by atoms with Gasteiger partial charge in [-0.15, -0.1) is 0 Å². The van der Waals surface area contributed by atoms with Crippen LogP contribution in [-0.4, -0.2) is 50.2 Å². The number of fused-ring (bicyclic) bond motifs is 2. The summed E-state index contributed by atoms with van der Waals surface area (Å²) in [6.45, 7) is 5.35. The van der Waals surface area contributed by atoms with Crippen molar-refractivity contribution in [2.24, 2.45) is 0 Å². The lowest BCUT2D eigenvalue weighted by atomic mass is 10.0. The minimum absolute atomic E-state index is 0.211. The summed E-state index contributed by atoms with van der Waals surface area (Å²) >= 11 is 0. The molecule has 2 aliphatic heterocycles. The van der Waals surface area contributed by atoms with Crippen molar-refractivity contribution in [1.29, 1.82) is 0 Å². The number of benzene rings is 2. The van der Waals surface area contributed by atoms with Gasteiger partial charge >= 0.3 is 0 Å². The Bertz CT molecular complexity index is 1380. The van der Waals surface area contributed by atoms with Crippen LogP contribution in [0.5, 0.6) is 5.75 Å². The number of aromatic nitrogens is 3. The topological polar surface area (TPSA) is 74.9 Å². The lowest BCUT2D eigenvalue weighted by molar-refractivity contribution is 0.175. The summed E-state index contributed by atoms with van der Waals surface area (Å²) in [4.78, 5) is 11.7. The third-order valence-corrected chi connectivity index (χ3v) is 6.89. The van der Waals surface area contributed by atoms with Crippen LogP contribution in [0.4, 0.5) is 10.3 Å². The van der Waals surface area contributed by atoms with Gasteiger partial charge in [0.1, 0.15) is 17.2 Å². The van der Waals surface area contributed by atoms with E-state index in [1.165, 1.54) is 11.6 Å². The van der Waals surface area contributed by atoms with Crippen LogP contribution < -0.4 is 10.1 Å². The molecule has 0 saturated carbocycles. The Kier molecular flexibility index (Phi) is 5.62. The Labute approximate surface area is 203 Å². The van der Waals surface area contributed by atoms with Gasteiger partial charge in [-0.2, -0.15) is 0 Å². The molecule has 180 valence electrons. The maximum Gasteiger partial charge on any atom is 0.208 e. The Morgan fingerprint density at radius 3 is 2.86 bits per heavy atom. The van der Waals surface area contributed by atoms with Gasteiger partial charge in [-0.25, -0.2) is 14.4 Å². The fourth-order valence-electron chi connectivity index (χ4n) is 5.11. The summed E-state index contributed by atoms with van der Waals surface area (Å²) in [6, 6.07) is 11.6. The Balaban J connectivity index is 1.26. The summed E-state index contributed by atoms with van der Waals surface area (Å²) < 4.78 is 22.1. The number of rotatable bonds is 6. The van der Waals surface area contributed by atoms with E-state index in [0.29, 0.717) is 31.1 Å². The number of hydrogen-bond donors (Lipinski definition) is 2. The van der Waals surface area contributed by atoms with E-state index in [1.807, 2.05) is 23.7 Å². The van der Waals surface area contributed by atoms with Crippen molar-refractivity contribution in [2.75, 3.05) is 25.0 Å². The molecular weight excluding hydrogens is 445 g/mol. The van der Waals surface area contributed by atoms with Gasteiger partial charge in [0.2, 0.25) is 5.95 Å². The van der Waals surface area contributed by atoms with Crippen molar-refractivity contribution < 1.29 is 14.2 Å². The van der Waals surface area contributed by atoms with Crippen molar-refractivity contribution in [3.8, 4) is 16.9 Å². The minimum Gasteiger partial charge on any atom is -0.493 e. The predicted octanol–water partition coefficient (Wildman–Crippen LogP) is 3.96. The van der Waals surface area contributed by atoms with E-state index in [2.05, 4.69) is 39.5 Å². The second-order valence-corrected chi connectivity index (χ2v) is 9.40. The van der Waals surface area contributed by atoms with Crippen LogP contribution in [0, 0.1) is 12.7 Å². The molecule has 0 bridgehead atoms. The molecule has 1 fully saturated rings. The number of hydrogen-bond acceptors (Lipinski definition) is 6. The summed E-state index contributed by atoms with van der Waals surface area (Å²) in [6.07, 6.45) is 5.11. The van der Waals surface area contributed by atoms with Gasteiger partial charge in [0.05, 0.1) is 18.4 Å². The molecule has 0 aliphatic carbocycles. The third kappa shape index (κ3) is 4.24. The van der Waals surface area contributed by atoms with E-state index in [1.54, 1.807) is 6.07 Å². The molecule has 8 heteroatoms. The minimum atomic E-state index is -0.236. The zero-order valence-electron chi connectivity index (χ0n) is 19.7. The van der Waals surface area contributed by atoms with E-state index in [9.17, 15) is 9.50 Å². The molecule has 2 N–H and O–H groups in total. The second-order valence-electron chi connectivity index (χ2n) is 9.40. The summed E-state index contributed by atoms with van der Waals surface area (Å²) in [5.41, 5.74) is 6.42. The summed E-state index contributed by atoms with van der Waals surface area (Å²) in [5.74, 6) is 1.14. The maximum atomic E-state index is 14.6. The van der Waals surface area contributed by atoms with Crippen LogP contribution in [0.2, 0.25) is 0 Å². The lowest BCUT2D eigenvalue weighted by Gasteiger charge is -2.15. The van der Waals surface area contributed by atoms with Crippen molar-refractivity contribution in [1.82, 2.24) is 19.3 Å². The van der Waals surface area contributed by atoms with E-state index < -0.39 is 0 Å². The molecule has 35 heavy (non-hydrogen) atoms. The quantitative estimate of drug-likeness (QED) is 0.442. The number of nitrogens with one attached hydrogen (secondary N) is 1. The molecule has 0 radical (unpaired) electrons.